The van der Waals surface area contributed by atoms with Gasteiger partial charge in [0.15, 0.2) is 0 Å². The van der Waals surface area contributed by atoms with E-state index >= 15 is 0 Å². The minimum absolute atomic E-state index is 0.435. The van der Waals surface area contributed by atoms with Crippen LogP contribution in [-0.2, 0) is 11.3 Å². The van der Waals surface area contributed by atoms with Gasteiger partial charge in [-0.1, -0.05) is 5.16 Å². The van der Waals surface area contributed by atoms with Crippen molar-refractivity contribution in [1.82, 2.24) is 10.5 Å². The van der Waals surface area contributed by atoms with Gasteiger partial charge in [-0.3, -0.25) is 10.1 Å². The molecule has 6 heteroatoms. The van der Waals surface area contributed by atoms with E-state index in [-0.39, 0.29) is 0 Å². The summed E-state index contributed by atoms with van der Waals surface area (Å²) in [4.78, 5) is 11.2. The van der Waals surface area contributed by atoms with Crippen molar-refractivity contribution in [3.63, 3.8) is 0 Å². The van der Waals surface area contributed by atoms with Gasteiger partial charge in [0.25, 0.3) is 0 Å². The number of aryl methyl sites for hydroxylation is 1. The Morgan fingerprint density at radius 2 is 2.62 bits per heavy atom. The predicted octanol–water partition coefficient (Wildman–Crippen LogP) is 1.03. The van der Waals surface area contributed by atoms with Gasteiger partial charge >= 0.3 is 5.97 Å². The molecule has 1 aliphatic rings. The maximum absolute atomic E-state index is 11.2. The Bertz CT molecular complexity index is 385. The quantitative estimate of drug-likeness (QED) is 0.821. The van der Waals surface area contributed by atoms with E-state index in [1.165, 1.54) is 0 Å². The molecular formula is C10H14N2O3S. The number of aromatic nitrogens is 1. The largest absolute Gasteiger partial charge is 0.480 e. The number of rotatable bonds is 4. The maximum atomic E-state index is 11.2. The zero-order valence-corrected chi connectivity index (χ0v) is 9.84. The average Bonchev–Trinajstić information content (AvgIpc) is 2.84. The molecule has 2 N–H and O–H groups in total. The summed E-state index contributed by atoms with van der Waals surface area (Å²) in [6, 6.07) is 1.81. The smallest absolute Gasteiger partial charge is 0.324 e. The zero-order valence-electron chi connectivity index (χ0n) is 9.02. The van der Waals surface area contributed by atoms with Gasteiger partial charge in [0, 0.05) is 18.4 Å². The van der Waals surface area contributed by atoms with E-state index in [4.69, 9.17) is 4.52 Å². The second-order valence-electron chi connectivity index (χ2n) is 3.97. The summed E-state index contributed by atoms with van der Waals surface area (Å²) in [6.45, 7) is 2.25. The standard InChI is InChI=1S/C10H14N2O3S/c1-7-4-8(12-15-7)5-11-10(9(13)14)2-3-16-6-10/h4,11H,2-3,5-6H2,1H3,(H,13,14). The molecule has 2 rings (SSSR count). The number of nitrogens with zero attached hydrogens (tertiary/aromatic N) is 1. The molecule has 1 aliphatic heterocycles. The summed E-state index contributed by atoms with van der Waals surface area (Å²) in [5, 5.41) is 16.1. The number of hydrogen-bond donors (Lipinski definition) is 2. The summed E-state index contributed by atoms with van der Waals surface area (Å²) in [7, 11) is 0. The number of carboxylic acid groups (broad SMARTS) is 1. The molecule has 0 aromatic carbocycles. The van der Waals surface area contributed by atoms with Crippen LogP contribution in [0, 0.1) is 6.92 Å². The first-order valence-electron chi connectivity index (χ1n) is 5.11. The van der Waals surface area contributed by atoms with Crippen molar-refractivity contribution in [2.75, 3.05) is 11.5 Å². The van der Waals surface area contributed by atoms with Crippen LogP contribution < -0.4 is 5.32 Å². The molecule has 88 valence electrons. The van der Waals surface area contributed by atoms with E-state index in [1.54, 1.807) is 11.8 Å². The van der Waals surface area contributed by atoms with Crippen molar-refractivity contribution < 1.29 is 14.4 Å². The third kappa shape index (κ3) is 2.22. The van der Waals surface area contributed by atoms with Gasteiger partial charge in [-0.15, -0.1) is 0 Å². The van der Waals surface area contributed by atoms with Crippen molar-refractivity contribution in [2.45, 2.75) is 25.4 Å². The Morgan fingerprint density at radius 1 is 1.81 bits per heavy atom. The van der Waals surface area contributed by atoms with Crippen molar-refractivity contribution >= 4 is 17.7 Å². The maximum Gasteiger partial charge on any atom is 0.324 e. The zero-order chi connectivity index (χ0) is 11.6. The number of aliphatic carboxylic acids is 1. The van der Waals surface area contributed by atoms with Gasteiger partial charge in [0.2, 0.25) is 0 Å². The number of hydrogen-bond acceptors (Lipinski definition) is 5. The molecule has 1 atom stereocenters. The van der Waals surface area contributed by atoms with Crippen LogP contribution in [-0.4, -0.2) is 33.3 Å². The number of nitrogens with one attached hydrogen (secondary N) is 1. The lowest BCUT2D eigenvalue weighted by atomic mass is 9.99. The molecule has 0 aliphatic carbocycles. The molecule has 1 aromatic heterocycles. The number of thioether (sulfide) groups is 1. The topological polar surface area (TPSA) is 75.4 Å². The van der Waals surface area contributed by atoms with Crippen LogP contribution in [0.1, 0.15) is 17.9 Å². The summed E-state index contributed by atoms with van der Waals surface area (Å²) in [6.07, 6.45) is 0.657. The fraction of sp³-hybridized carbons (Fsp3) is 0.600. The molecule has 5 nitrogen and oxygen atoms in total. The highest BCUT2D eigenvalue weighted by atomic mass is 32.2. The first-order chi connectivity index (χ1) is 7.62. The van der Waals surface area contributed by atoms with Crippen molar-refractivity contribution in [1.29, 1.82) is 0 Å². The molecule has 2 heterocycles. The normalized spacial score (nSPS) is 24.8. The van der Waals surface area contributed by atoms with Crippen molar-refractivity contribution in [3.05, 3.63) is 17.5 Å². The van der Waals surface area contributed by atoms with Crippen LogP contribution in [0.2, 0.25) is 0 Å². The molecule has 0 saturated carbocycles. The van der Waals surface area contributed by atoms with Gasteiger partial charge in [0.1, 0.15) is 11.3 Å². The molecule has 0 amide bonds. The van der Waals surface area contributed by atoms with Crippen LogP contribution in [0.15, 0.2) is 10.6 Å². The summed E-state index contributed by atoms with van der Waals surface area (Å²) in [5.41, 5.74) is -0.0487. The summed E-state index contributed by atoms with van der Waals surface area (Å²) in [5.74, 6) is 1.45. The molecular weight excluding hydrogens is 228 g/mol. The Hall–Kier alpha value is -1.01. The molecule has 1 saturated heterocycles. The van der Waals surface area contributed by atoms with E-state index in [0.29, 0.717) is 18.7 Å². The highest BCUT2D eigenvalue weighted by Crippen LogP contribution is 2.28. The molecule has 0 radical (unpaired) electrons. The van der Waals surface area contributed by atoms with E-state index < -0.39 is 11.5 Å². The monoisotopic (exact) mass is 242 g/mol. The van der Waals surface area contributed by atoms with E-state index in [2.05, 4.69) is 10.5 Å². The molecule has 1 aromatic rings. The van der Waals surface area contributed by atoms with Gasteiger partial charge < -0.3 is 9.63 Å². The van der Waals surface area contributed by atoms with Gasteiger partial charge in [-0.2, -0.15) is 11.8 Å². The fourth-order valence-electron chi connectivity index (χ4n) is 1.71. The number of carboxylic acids is 1. The minimum atomic E-state index is -0.794. The lowest BCUT2D eigenvalue weighted by Crippen LogP contribution is -2.51. The highest BCUT2D eigenvalue weighted by Gasteiger charge is 2.41. The highest BCUT2D eigenvalue weighted by molar-refractivity contribution is 7.99. The molecule has 1 fully saturated rings. The van der Waals surface area contributed by atoms with Gasteiger partial charge in [-0.05, 0) is 19.1 Å². The SMILES string of the molecule is Cc1cc(CNC2(C(=O)O)CCSC2)no1. The van der Waals surface area contributed by atoms with E-state index in [0.717, 1.165) is 17.2 Å². The molecule has 0 spiro atoms. The van der Waals surface area contributed by atoms with Crippen LogP contribution in [0.4, 0.5) is 0 Å². The second kappa shape index (κ2) is 4.47. The van der Waals surface area contributed by atoms with Crippen LogP contribution in [0.25, 0.3) is 0 Å². The fourth-order valence-corrected chi connectivity index (χ4v) is 3.07. The second-order valence-corrected chi connectivity index (χ2v) is 5.08. The first-order valence-corrected chi connectivity index (χ1v) is 6.26. The molecule has 0 bridgehead atoms. The van der Waals surface area contributed by atoms with Crippen LogP contribution in [0.5, 0.6) is 0 Å². The Kier molecular flexibility index (Phi) is 3.20. The Labute approximate surface area is 97.6 Å². The predicted molar refractivity (Wildman–Crippen MR) is 60.4 cm³/mol. The van der Waals surface area contributed by atoms with Crippen LogP contribution in [0.3, 0.4) is 0 Å². The Morgan fingerprint density at radius 3 is 3.12 bits per heavy atom. The third-order valence-corrected chi connectivity index (χ3v) is 3.91. The van der Waals surface area contributed by atoms with Gasteiger partial charge in [-0.25, -0.2) is 0 Å². The molecule has 1 unspecified atom stereocenters. The summed E-state index contributed by atoms with van der Waals surface area (Å²) < 4.78 is 4.93. The van der Waals surface area contributed by atoms with E-state index in [1.807, 2.05) is 13.0 Å². The first kappa shape index (κ1) is 11.5. The molecule has 16 heavy (non-hydrogen) atoms. The Balaban J connectivity index is 1.99. The lowest BCUT2D eigenvalue weighted by Gasteiger charge is -2.23. The lowest BCUT2D eigenvalue weighted by molar-refractivity contribution is -0.143. The van der Waals surface area contributed by atoms with Crippen molar-refractivity contribution in [3.8, 4) is 0 Å². The van der Waals surface area contributed by atoms with Crippen molar-refractivity contribution in [2.24, 2.45) is 0 Å². The average molecular weight is 242 g/mol. The van der Waals surface area contributed by atoms with Gasteiger partial charge in [0.05, 0.1) is 5.69 Å². The third-order valence-electron chi connectivity index (χ3n) is 2.72. The number of carbonyl (C=O) groups is 1. The van der Waals surface area contributed by atoms with E-state index in [9.17, 15) is 9.90 Å². The minimum Gasteiger partial charge on any atom is -0.480 e. The van der Waals surface area contributed by atoms with Crippen LogP contribution >= 0.6 is 11.8 Å². The summed E-state index contributed by atoms with van der Waals surface area (Å²) >= 11 is 1.66.